The fourth-order valence-electron chi connectivity index (χ4n) is 3.01. The number of anilines is 2. The van der Waals surface area contributed by atoms with Crippen molar-refractivity contribution >= 4 is 62.1 Å². The summed E-state index contributed by atoms with van der Waals surface area (Å²) in [5.41, 5.74) is 2.21. The van der Waals surface area contributed by atoms with Crippen LogP contribution < -0.4 is 10.9 Å². The summed E-state index contributed by atoms with van der Waals surface area (Å²) in [6.07, 6.45) is 1.73. The largest absolute Gasteiger partial charge is 0.338 e. The van der Waals surface area contributed by atoms with E-state index in [1.807, 2.05) is 53.9 Å². The van der Waals surface area contributed by atoms with Crippen LogP contribution in [0.15, 0.2) is 76.1 Å². The van der Waals surface area contributed by atoms with Crippen LogP contribution in [0.4, 0.5) is 11.5 Å². The van der Waals surface area contributed by atoms with Crippen LogP contribution in [0.3, 0.4) is 0 Å². The van der Waals surface area contributed by atoms with Gasteiger partial charge in [-0.1, -0.05) is 47.6 Å². The molecule has 0 fully saturated rings. The molecule has 0 amide bonds. The molecule has 0 saturated carbocycles. The lowest BCUT2D eigenvalue weighted by Crippen LogP contribution is -2.12. The van der Waals surface area contributed by atoms with Gasteiger partial charge in [0.2, 0.25) is 0 Å². The molecular formula is C21H14ClN5OS2. The number of hydrogen-bond donors (Lipinski definition) is 1. The zero-order valence-electron chi connectivity index (χ0n) is 15.4. The summed E-state index contributed by atoms with van der Waals surface area (Å²) in [6.45, 7) is 0. The fraction of sp³-hybridized carbons (Fsp3) is 0.0476. The standard InChI is InChI=1S/C21H14ClN5OS2/c22-15-6-2-4-8-17(15)24-19-14-5-1-3-7-16(14)25-20(26-19)30-12-13-11-18(28)27-9-10-29-21(27)23-13/h1-11H,12H2,(H,24,25,26). The smallest absolute Gasteiger partial charge is 0.258 e. The van der Waals surface area contributed by atoms with Gasteiger partial charge in [-0.3, -0.25) is 9.20 Å². The van der Waals surface area contributed by atoms with Gasteiger partial charge in [0, 0.05) is 28.8 Å². The molecule has 0 aliphatic carbocycles. The molecule has 0 atom stereocenters. The maximum atomic E-state index is 12.2. The van der Waals surface area contributed by atoms with Crippen molar-refractivity contribution in [2.75, 3.05) is 5.32 Å². The third-order valence-electron chi connectivity index (χ3n) is 4.42. The average molecular weight is 452 g/mol. The Morgan fingerprint density at radius 2 is 1.90 bits per heavy atom. The minimum atomic E-state index is -0.0858. The number of thiazole rings is 1. The van der Waals surface area contributed by atoms with Crippen molar-refractivity contribution < 1.29 is 0 Å². The maximum absolute atomic E-state index is 12.2. The second-order valence-corrected chi connectivity index (χ2v) is 8.63. The summed E-state index contributed by atoms with van der Waals surface area (Å²) < 4.78 is 1.54. The second kappa shape index (κ2) is 8.06. The second-order valence-electron chi connectivity index (χ2n) is 6.41. The molecule has 148 valence electrons. The molecular weight excluding hydrogens is 438 g/mol. The Kier molecular flexibility index (Phi) is 5.12. The first-order valence-electron chi connectivity index (χ1n) is 9.04. The predicted octanol–water partition coefficient (Wildman–Crippen LogP) is 5.39. The number of rotatable bonds is 5. The Balaban J connectivity index is 1.48. The normalized spacial score (nSPS) is 11.2. The molecule has 0 saturated heterocycles. The van der Waals surface area contributed by atoms with E-state index in [2.05, 4.69) is 15.3 Å². The number of thioether (sulfide) groups is 1. The van der Waals surface area contributed by atoms with Crippen molar-refractivity contribution in [2.24, 2.45) is 0 Å². The first-order chi connectivity index (χ1) is 14.7. The van der Waals surface area contributed by atoms with Crippen LogP contribution >= 0.6 is 34.7 Å². The molecule has 0 spiro atoms. The lowest BCUT2D eigenvalue weighted by Gasteiger charge is -2.11. The zero-order valence-corrected chi connectivity index (χ0v) is 17.8. The molecule has 2 aromatic carbocycles. The number of aromatic nitrogens is 4. The lowest BCUT2D eigenvalue weighted by molar-refractivity contribution is 0.998. The summed E-state index contributed by atoms with van der Waals surface area (Å²) in [5.74, 6) is 1.17. The highest BCUT2D eigenvalue weighted by Crippen LogP contribution is 2.30. The van der Waals surface area contributed by atoms with E-state index in [4.69, 9.17) is 16.6 Å². The van der Waals surface area contributed by atoms with Crippen LogP contribution in [-0.2, 0) is 5.75 Å². The van der Waals surface area contributed by atoms with Gasteiger partial charge in [0.1, 0.15) is 5.82 Å². The van der Waals surface area contributed by atoms with Crippen molar-refractivity contribution in [3.8, 4) is 0 Å². The highest BCUT2D eigenvalue weighted by atomic mass is 35.5. The number of nitrogens with zero attached hydrogens (tertiary/aromatic N) is 4. The molecule has 30 heavy (non-hydrogen) atoms. The fourth-order valence-corrected chi connectivity index (χ4v) is 4.67. The van der Waals surface area contributed by atoms with Gasteiger partial charge in [-0.05, 0) is 24.3 Å². The molecule has 5 aromatic rings. The van der Waals surface area contributed by atoms with Gasteiger partial charge < -0.3 is 5.32 Å². The first-order valence-corrected chi connectivity index (χ1v) is 11.3. The maximum Gasteiger partial charge on any atom is 0.258 e. The summed E-state index contributed by atoms with van der Waals surface area (Å²) in [7, 11) is 0. The van der Waals surface area contributed by atoms with Crippen LogP contribution in [-0.4, -0.2) is 19.4 Å². The number of nitrogens with one attached hydrogen (secondary N) is 1. The SMILES string of the molecule is O=c1cc(CSc2nc(Nc3ccccc3Cl)c3ccccc3n2)nc2sccn12. The minimum absolute atomic E-state index is 0.0858. The Bertz CT molecular complexity index is 1430. The van der Waals surface area contributed by atoms with E-state index < -0.39 is 0 Å². The molecule has 6 nitrogen and oxygen atoms in total. The van der Waals surface area contributed by atoms with Crippen molar-refractivity contribution in [3.05, 3.63) is 87.2 Å². The Hall–Kier alpha value is -2.94. The number of fused-ring (bicyclic) bond motifs is 2. The number of benzene rings is 2. The molecule has 3 aromatic heterocycles. The molecule has 3 heterocycles. The highest BCUT2D eigenvalue weighted by Gasteiger charge is 2.11. The van der Waals surface area contributed by atoms with E-state index in [0.717, 1.165) is 16.6 Å². The average Bonchev–Trinajstić information content (AvgIpc) is 3.23. The third kappa shape index (κ3) is 3.77. The zero-order chi connectivity index (χ0) is 20.5. The minimum Gasteiger partial charge on any atom is -0.338 e. The lowest BCUT2D eigenvalue weighted by atomic mass is 10.2. The Morgan fingerprint density at radius 3 is 2.80 bits per heavy atom. The van der Waals surface area contributed by atoms with Gasteiger partial charge in [-0.25, -0.2) is 15.0 Å². The van der Waals surface area contributed by atoms with E-state index in [1.165, 1.54) is 27.5 Å². The van der Waals surface area contributed by atoms with Crippen LogP contribution in [0, 0.1) is 0 Å². The van der Waals surface area contributed by atoms with Crippen LogP contribution in [0.1, 0.15) is 5.69 Å². The van der Waals surface area contributed by atoms with Crippen molar-refractivity contribution in [3.63, 3.8) is 0 Å². The van der Waals surface area contributed by atoms with Crippen molar-refractivity contribution in [1.82, 2.24) is 19.4 Å². The Morgan fingerprint density at radius 1 is 1.07 bits per heavy atom. The third-order valence-corrected chi connectivity index (χ3v) is 6.38. The van der Waals surface area contributed by atoms with E-state index in [9.17, 15) is 4.79 Å². The van der Waals surface area contributed by atoms with Gasteiger partial charge in [0.05, 0.1) is 21.9 Å². The van der Waals surface area contributed by atoms with E-state index in [0.29, 0.717) is 32.4 Å². The number of halogens is 1. The van der Waals surface area contributed by atoms with Gasteiger partial charge in [0.15, 0.2) is 10.1 Å². The topological polar surface area (TPSA) is 72.2 Å². The molecule has 0 radical (unpaired) electrons. The van der Waals surface area contributed by atoms with E-state index in [1.54, 1.807) is 12.3 Å². The van der Waals surface area contributed by atoms with Crippen LogP contribution in [0.2, 0.25) is 5.02 Å². The molecule has 1 N–H and O–H groups in total. The van der Waals surface area contributed by atoms with Crippen molar-refractivity contribution in [2.45, 2.75) is 10.9 Å². The van der Waals surface area contributed by atoms with Crippen LogP contribution in [0.25, 0.3) is 15.9 Å². The summed E-state index contributed by atoms with van der Waals surface area (Å²) in [6, 6.07) is 16.9. The molecule has 0 aliphatic heterocycles. The number of hydrogen-bond acceptors (Lipinski definition) is 7. The number of para-hydroxylation sites is 2. The Labute approximate surface area is 184 Å². The van der Waals surface area contributed by atoms with Crippen LogP contribution in [0.5, 0.6) is 0 Å². The summed E-state index contributed by atoms with van der Waals surface area (Å²) in [4.78, 5) is 26.8. The molecule has 0 bridgehead atoms. The summed E-state index contributed by atoms with van der Waals surface area (Å²) >= 11 is 9.18. The summed E-state index contributed by atoms with van der Waals surface area (Å²) in [5, 5.41) is 7.28. The van der Waals surface area contributed by atoms with Gasteiger partial charge in [-0.2, -0.15) is 0 Å². The molecule has 5 rings (SSSR count). The highest BCUT2D eigenvalue weighted by molar-refractivity contribution is 7.98. The van der Waals surface area contributed by atoms with Crippen molar-refractivity contribution in [1.29, 1.82) is 0 Å². The molecule has 0 unspecified atom stereocenters. The first kappa shape index (κ1) is 19.0. The predicted molar refractivity (Wildman–Crippen MR) is 123 cm³/mol. The van der Waals surface area contributed by atoms with Gasteiger partial charge in [-0.15, -0.1) is 11.3 Å². The van der Waals surface area contributed by atoms with Gasteiger partial charge >= 0.3 is 0 Å². The quantitative estimate of drug-likeness (QED) is 0.285. The molecule has 9 heteroatoms. The van der Waals surface area contributed by atoms with E-state index >= 15 is 0 Å². The van der Waals surface area contributed by atoms with Gasteiger partial charge in [0.25, 0.3) is 5.56 Å². The molecule has 0 aliphatic rings. The monoisotopic (exact) mass is 451 g/mol. The van der Waals surface area contributed by atoms with E-state index in [-0.39, 0.29) is 5.56 Å².